The van der Waals surface area contributed by atoms with Gasteiger partial charge in [0.05, 0.1) is 29.8 Å². The fourth-order valence-electron chi connectivity index (χ4n) is 3.34. The number of hydrogen-bond acceptors (Lipinski definition) is 7. The van der Waals surface area contributed by atoms with Crippen molar-refractivity contribution in [1.82, 2.24) is 9.66 Å². The van der Waals surface area contributed by atoms with Crippen molar-refractivity contribution in [3.05, 3.63) is 60.0 Å². The molecule has 11 heteroatoms. The summed E-state index contributed by atoms with van der Waals surface area (Å²) in [5.74, 6) is 0.545. The monoisotopic (exact) mass is 641 g/mol. The van der Waals surface area contributed by atoms with E-state index in [2.05, 4.69) is 41.9 Å². The summed E-state index contributed by atoms with van der Waals surface area (Å²) in [6.07, 6.45) is 2.60. The summed E-state index contributed by atoms with van der Waals surface area (Å²) < 4.78 is 19.0. The van der Waals surface area contributed by atoms with E-state index in [1.165, 1.54) is 10.9 Å². The van der Waals surface area contributed by atoms with Crippen LogP contribution in [0, 0.1) is 0 Å². The first-order valence-electron chi connectivity index (χ1n) is 11.4. The van der Waals surface area contributed by atoms with Gasteiger partial charge in [-0.1, -0.05) is 34.5 Å². The van der Waals surface area contributed by atoms with Crippen molar-refractivity contribution < 1.29 is 19.0 Å². The maximum Gasteiger partial charge on any atom is 0.344 e. The summed E-state index contributed by atoms with van der Waals surface area (Å²) >= 11 is 13.4. The molecule has 0 spiro atoms. The van der Waals surface area contributed by atoms with Gasteiger partial charge >= 0.3 is 5.97 Å². The van der Waals surface area contributed by atoms with Crippen LogP contribution in [0.4, 0.5) is 0 Å². The smallest absolute Gasteiger partial charge is 0.344 e. The number of halogens is 3. The second-order valence-electron chi connectivity index (χ2n) is 7.98. The van der Waals surface area contributed by atoms with Crippen LogP contribution in [0.15, 0.2) is 43.1 Å². The summed E-state index contributed by atoms with van der Waals surface area (Å²) in [7, 11) is 0. The molecule has 0 atom stereocenters. The Kier molecular flexibility index (Phi) is 9.92. The van der Waals surface area contributed by atoms with Gasteiger partial charge in [-0.2, -0.15) is 9.78 Å². The van der Waals surface area contributed by atoms with Gasteiger partial charge in [0.2, 0.25) is 0 Å². The Hall–Kier alpha value is -2.43. The molecule has 0 aliphatic rings. The first-order valence-corrected chi connectivity index (χ1v) is 13.3. The third kappa shape index (κ3) is 6.66. The van der Waals surface area contributed by atoms with Gasteiger partial charge in [0, 0.05) is 20.9 Å². The van der Waals surface area contributed by atoms with Crippen molar-refractivity contribution in [1.29, 1.82) is 0 Å². The third-order valence-corrected chi connectivity index (χ3v) is 6.76. The van der Waals surface area contributed by atoms with Crippen LogP contribution in [0.2, 0.25) is 5.02 Å². The van der Waals surface area contributed by atoms with E-state index in [0.717, 1.165) is 10.9 Å². The van der Waals surface area contributed by atoms with Crippen molar-refractivity contribution in [3.8, 4) is 11.5 Å². The molecule has 2 aromatic carbocycles. The largest absolute Gasteiger partial charge is 0.490 e. The summed E-state index contributed by atoms with van der Waals surface area (Å²) in [6.45, 7) is 7.34. The summed E-state index contributed by atoms with van der Waals surface area (Å²) in [4.78, 5) is 29.8. The highest BCUT2D eigenvalue weighted by Gasteiger charge is 2.19. The van der Waals surface area contributed by atoms with Crippen LogP contribution in [0.3, 0.4) is 0 Å². The Labute approximate surface area is 230 Å². The number of aromatic nitrogens is 2. The number of carbonyl (C=O) groups is 1. The predicted octanol–water partition coefficient (Wildman–Crippen LogP) is 6.14. The van der Waals surface area contributed by atoms with Crippen molar-refractivity contribution in [2.45, 2.75) is 46.6 Å². The van der Waals surface area contributed by atoms with Gasteiger partial charge in [-0.25, -0.2) is 9.78 Å². The van der Waals surface area contributed by atoms with Gasteiger partial charge < -0.3 is 14.2 Å². The predicted molar refractivity (Wildman–Crippen MR) is 148 cm³/mol. The summed E-state index contributed by atoms with van der Waals surface area (Å²) in [6, 6.07) is 7.04. The van der Waals surface area contributed by atoms with Crippen LogP contribution >= 0.6 is 43.5 Å². The SMILES string of the molecule is CCCc1nc2ccc(Br)cc2c(=O)n1N=Cc1cc(OCC)c(OCC(=O)OC(C)C)c(Cl)c1Br. The van der Waals surface area contributed by atoms with E-state index in [0.29, 0.717) is 45.5 Å². The number of carbonyl (C=O) groups excluding carboxylic acids is 1. The Morgan fingerprint density at radius 1 is 1.22 bits per heavy atom. The minimum atomic E-state index is -0.524. The average Bonchev–Trinajstić information content (AvgIpc) is 2.82. The minimum absolute atomic E-state index is 0.196. The van der Waals surface area contributed by atoms with Crippen molar-refractivity contribution in [2.24, 2.45) is 5.10 Å². The van der Waals surface area contributed by atoms with Crippen molar-refractivity contribution in [3.63, 3.8) is 0 Å². The van der Waals surface area contributed by atoms with Gasteiger partial charge in [0.1, 0.15) is 10.8 Å². The number of benzene rings is 2. The molecule has 0 aliphatic carbocycles. The minimum Gasteiger partial charge on any atom is -0.490 e. The molecule has 0 unspecified atom stereocenters. The second-order valence-corrected chi connectivity index (χ2v) is 10.1. The highest BCUT2D eigenvalue weighted by molar-refractivity contribution is 9.10. The van der Waals surface area contributed by atoms with Crippen molar-refractivity contribution in [2.75, 3.05) is 13.2 Å². The third-order valence-electron chi connectivity index (χ3n) is 4.82. The van der Waals surface area contributed by atoms with Crippen LogP contribution in [-0.4, -0.2) is 41.2 Å². The second kappa shape index (κ2) is 12.7. The zero-order valence-electron chi connectivity index (χ0n) is 20.3. The number of aryl methyl sites for hydroxylation is 1. The lowest BCUT2D eigenvalue weighted by Gasteiger charge is -2.16. The fourth-order valence-corrected chi connectivity index (χ4v) is 4.36. The van der Waals surface area contributed by atoms with E-state index in [4.69, 9.17) is 25.8 Å². The molecule has 36 heavy (non-hydrogen) atoms. The average molecular weight is 644 g/mol. The molecule has 0 radical (unpaired) electrons. The molecular formula is C25H26Br2ClN3O5. The van der Waals surface area contributed by atoms with E-state index in [-0.39, 0.29) is 29.0 Å². The molecule has 0 amide bonds. The topological polar surface area (TPSA) is 92.0 Å². The number of hydrogen-bond donors (Lipinski definition) is 0. The molecule has 0 N–H and O–H groups in total. The lowest BCUT2D eigenvalue weighted by atomic mass is 10.2. The Morgan fingerprint density at radius 3 is 2.64 bits per heavy atom. The lowest BCUT2D eigenvalue weighted by Crippen LogP contribution is -2.22. The standard InChI is InChI=1S/C25H26Br2ClN3O5/c1-5-7-20-30-18-9-8-16(26)11-17(18)25(33)31(20)29-12-15-10-19(34-6-2)24(23(28)22(15)27)35-13-21(32)36-14(3)4/h8-12,14H,5-7,13H2,1-4H3. The van der Waals surface area contributed by atoms with E-state index >= 15 is 0 Å². The molecule has 8 nitrogen and oxygen atoms in total. The molecule has 0 fully saturated rings. The molecule has 0 aliphatic heterocycles. The molecule has 3 rings (SSSR count). The molecule has 1 aromatic heterocycles. The van der Waals surface area contributed by atoms with E-state index in [9.17, 15) is 9.59 Å². The fraction of sp³-hybridized carbons (Fsp3) is 0.360. The number of esters is 1. The van der Waals surface area contributed by atoms with Crippen LogP contribution in [0.5, 0.6) is 11.5 Å². The van der Waals surface area contributed by atoms with E-state index in [1.807, 2.05) is 19.9 Å². The number of fused-ring (bicyclic) bond motifs is 1. The first-order chi connectivity index (χ1) is 17.2. The van der Waals surface area contributed by atoms with Crippen LogP contribution in [-0.2, 0) is 16.0 Å². The molecule has 192 valence electrons. The lowest BCUT2D eigenvalue weighted by molar-refractivity contribution is -0.149. The van der Waals surface area contributed by atoms with Crippen LogP contribution in [0.25, 0.3) is 10.9 Å². The zero-order chi connectivity index (χ0) is 26.4. The Bertz CT molecular complexity index is 1360. The van der Waals surface area contributed by atoms with Crippen LogP contribution < -0.4 is 15.0 Å². The van der Waals surface area contributed by atoms with Gasteiger partial charge in [-0.15, -0.1) is 0 Å². The Balaban J connectivity index is 2.04. The maximum absolute atomic E-state index is 13.3. The number of rotatable bonds is 10. The highest BCUT2D eigenvalue weighted by Crippen LogP contribution is 2.42. The number of ether oxygens (including phenoxy) is 3. The van der Waals surface area contributed by atoms with Crippen molar-refractivity contribution >= 4 is 66.5 Å². The first kappa shape index (κ1) is 28.1. The van der Waals surface area contributed by atoms with E-state index in [1.54, 1.807) is 32.0 Å². The molecule has 0 saturated carbocycles. The quantitative estimate of drug-likeness (QED) is 0.195. The van der Waals surface area contributed by atoms with Gasteiger partial charge in [-0.3, -0.25) is 4.79 Å². The zero-order valence-corrected chi connectivity index (χ0v) is 24.2. The van der Waals surface area contributed by atoms with Crippen LogP contribution in [0.1, 0.15) is 45.5 Å². The normalized spacial score (nSPS) is 11.4. The molecule has 0 bridgehead atoms. The van der Waals surface area contributed by atoms with Gasteiger partial charge in [0.15, 0.2) is 18.1 Å². The van der Waals surface area contributed by atoms with E-state index < -0.39 is 5.97 Å². The number of nitrogens with zero attached hydrogens (tertiary/aromatic N) is 3. The highest BCUT2D eigenvalue weighted by atomic mass is 79.9. The summed E-state index contributed by atoms with van der Waals surface area (Å²) in [5.41, 5.74) is 0.875. The summed E-state index contributed by atoms with van der Waals surface area (Å²) in [5, 5.41) is 5.10. The molecule has 3 aromatic rings. The maximum atomic E-state index is 13.3. The molecule has 0 saturated heterocycles. The van der Waals surface area contributed by atoms with Gasteiger partial charge in [-0.05, 0) is 67.4 Å². The Morgan fingerprint density at radius 2 is 1.97 bits per heavy atom. The molecule has 1 heterocycles. The van der Waals surface area contributed by atoms with Gasteiger partial charge in [0.25, 0.3) is 5.56 Å². The molecular weight excluding hydrogens is 618 g/mol.